The Hall–Kier alpha value is -3.67. The number of carbonyl (C=O) groups is 1. The summed E-state index contributed by atoms with van der Waals surface area (Å²) in [4.78, 5) is 17.8. The molecular weight excluding hydrogens is 493 g/mol. The van der Waals surface area contributed by atoms with Gasteiger partial charge in [-0.3, -0.25) is 9.89 Å². The van der Waals surface area contributed by atoms with Gasteiger partial charge >= 0.3 is 0 Å². The van der Waals surface area contributed by atoms with Crippen molar-refractivity contribution < 1.29 is 13.9 Å². The van der Waals surface area contributed by atoms with Crippen LogP contribution >= 0.6 is 0 Å². The fraction of sp³-hybridized carbons (Fsp3) is 0.419. The number of hydrogen-bond acceptors (Lipinski definition) is 5. The van der Waals surface area contributed by atoms with E-state index < -0.39 is 0 Å². The number of rotatable bonds is 8. The molecule has 0 saturated carbocycles. The second-order valence-electron chi connectivity index (χ2n) is 10.3. The van der Waals surface area contributed by atoms with Gasteiger partial charge in [0.15, 0.2) is 0 Å². The van der Waals surface area contributed by atoms with E-state index in [1.54, 1.807) is 18.3 Å². The van der Waals surface area contributed by atoms with Crippen molar-refractivity contribution in [2.45, 2.75) is 38.2 Å². The summed E-state index contributed by atoms with van der Waals surface area (Å²) in [6, 6.07) is 11.9. The summed E-state index contributed by atoms with van der Waals surface area (Å²) in [5, 5.41) is 9.79. The number of nitrogens with zero attached hydrogens (tertiary/aromatic N) is 3. The number of halogens is 1. The number of benzene rings is 2. The molecule has 2 aromatic carbocycles. The zero-order valence-corrected chi connectivity index (χ0v) is 22.3. The fourth-order valence-corrected chi connectivity index (χ4v) is 5.22. The minimum Gasteiger partial charge on any atom is -0.373 e. The molecule has 1 unspecified atom stereocenters. The van der Waals surface area contributed by atoms with Crippen LogP contribution in [-0.2, 0) is 11.2 Å². The predicted molar refractivity (Wildman–Crippen MR) is 150 cm³/mol. The number of aromatic nitrogens is 2. The van der Waals surface area contributed by atoms with E-state index in [0.717, 1.165) is 67.9 Å². The molecule has 0 radical (unpaired) electrons. The number of aromatic amines is 1. The second-order valence-corrected chi connectivity index (χ2v) is 10.3. The number of morpholine rings is 1. The zero-order valence-electron chi connectivity index (χ0n) is 22.3. The van der Waals surface area contributed by atoms with E-state index in [0.29, 0.717) is 18.7 Å². The number of aryl methyl sites for hydroxylation is 1. The first-order valence-corrected chi connectivity index (χ1v) is 13.9. The average Bonchev–Trinajstić information content (AvgIpc) is 3.49. The van der Waals surface area contributed by atoms with E-state index >= 15 is 0 Å². The van der Waals surface area contributed by atoms with Gasteiger partial charge in [0, 0.05) is 49.1 Å². The number of nitrogens with one attached hydrogen (secondary N) is 2. The van der Waals surface area contributed by atoms with Crippen molar-refractivity contribution in [2.24, 2.45) is 0 Å². The maximum atomic E-state index is 13.4. The Morgan fingerprint density at radius 1 is 1.10 bits per heavy atom. The number of anilines is 1. The highest BCUT2D eigenvalue weighted by molar-refractivity contribution is 5.95. The second kappa shape index (κ2) is 13.4. The maximum Gasteiger partial charge on any atom is 0.251 e. The van der Waals surface area contributed by atoms with Crippen LogP contribution in [0, 0.1) is 17.7 Å². The highest BCUT2D eigenvalue weighted by Crippen LogP contribution is 2.25. The van der Waals surface area contributed by atoms with E-state index in [2.05, 4.69) is 37.2 Å². The quantitative estimate of drug-likeness (QED) is 0.341. The van der Waals surface area contributed by atoms with Gasteiger partial charge in [-0.25, -0.2) is 4.39 Å². The molecule has 39 heavy (non-hydrogen) atoms. The summed E-state index contributed by atoms with van der Waals surface area (Å²) < 4.78 is 19.5. The lowest BCUT2D eigenvalue weighted by Gasteiger charge is -2.38. The van der Waals surface area contributed by atoms with Crippen molar-refractivity contribution in [2.75, 3.05) is 50.8 Å². The molecule has 3 aromatic rings. The molecule has 2 N–H and O–H groups in total. The SMILES string of the molecule is O=C(NCCCc1cn[nH]c1)c1ccc(N2CCOC(CN3CCCCC3)C2)c(C#Cc2ccc(F)cc2)c1. The van der Waals surface area contributed by atoms with E-state index in [4.69, 9.17) is 4.74 Å². The van der Waals surface area contributed by atoms with E-state index in [1.807, 2.05) is 24.4 Å². The van der Waals surface area contributed by atoms with Crippen molar-refractivity contribution in [3.05, 3.63) is 82.9 Å². The number of ether oxygens (including phenoxy) is 1. The summed E-state index contributed by atoms with van der Waals surface area (Å²) in [7, 11) is 0. The van der Waals surface area contributed by atoms with Crippen LogP contribution in [0.3, 0.4) is 0 Å². The Morgan fingerprint density at radius 2 is 1.95 bits per heavy atom. The van der Waals surface area contributed by atoms with Gasteiger partial charge in [-0.1, -0.05) is 18.3 Å². The van der Waals surface area contributed by atoms with Gasteiger partial charge in [-0.15, -0.1) is 0 Å². The lowest BCUT2D eigenvalue weighted by Crippen LogP contribution is -2.48. The van der Waals surface area contributed by atoms with Crippen LogP contribution in [0.5, 0.6) is 0 Å². The van der Waals surface area contributed by atoms with Crippen LogP contribution in [0.15, 0.2) is 54.9 Å². The molecule has 0 aliphatic carbocycles. The van der Waals surface area contributed by atoms with Crippen LogP contribution in [-0.4, -0.2) is 73.0 Å². The van der Waals surface area contributed by atoms with E-state index in [1.165, 1.54) is 31.4 Å². The Balaban J connectivity index is 1.31. The number of carbonyl (C=O) groups excluding carboxylic acids is 1. The van der Waals surface area contributed by atoms with Crippen LogP contribution in [0.2, 0.25) is 0 Å². The van der Waals surface area contributed by atoms with Crippen LogP contribution < -0.4 is 10.2 Å². The third kappa shape index (κ3) is 7.69. The summed E-state index contributed by atoms with van der Waals surface area (Å²) >= 11 is 0. The molecule has 3 heterocycles. The Bertz CT molecular complexity index is 1280. The molecule has 204 valence electrons. The third-order valence-electron chi connectivity index (χ3n) is 7.32. The summed E-state index contributed by atoms with van der Waals surface area (Å²) in [6.45, 7) is 5.99. The molecule has 0 bridgehead atoms. The maximum absolute atomic E-state index is 13.4. The van der Waals surface area contributed by atoms with Gasteiger partial charge in [0.25, 0.3) is 5.91 Å². The minimum absolute atomic E-state index is 0.122. The highest BCUT2D eigenvalue weighted by atomic mass is 19.1. The molecule has 7 nitrogen and oxygen atoms in total. The van der Waals surface area contributed by atoms with Crippen molar-refractivity contribution in [1.29, 1.82) is 0 Å². The van der Waals surface area contributed by atoms with E-state index in [-0.39, 0.29) is 17.8 Å². The first kappa shape index (κ1) is 26.9. The molecule has 2 saturated heterocycles. The fourth-order valence-electron chi connectivity index (χ4n) is 5.22. The average molecular weight is 530 g/mol. The largest absolute Gasteiger partial charge is 0.373 e. The predicted octanol–water partition coefficient (Wildman–Crippen LogP) is 4.00. The van der Waals surface area contributed by atoms with Gasteiger partial charge in [0.2, 0.25) is 0 Å². The monoisotopic (exact) mass is 529 g/mol. The molecule has 8 heteroatoms. The lowest BCUT2D eigenvalue weighted by atomic mass is 10.0. The normalized spacial score (nSPS) is 17.9. The summed E-state index contributed by atoms with van der Waals surface area (Å²) in [5.41, 5.74) is 4.19. The minimum atomic E-state index is -0.291. The van der Waals surface area contributed by atoms with Crippen molar-refractivity contribution in [3.63, 3.8) is 0 Å². The molecule has 2 fully saturated rings. The molecule has 1 atom stereocenters. The number of hydrogen-bond donors (Lipinski definition) is 2. The molecule has 0 spiro atoms. The first-order valence-electron chi connectivity index (χ1n) is 13.9. The Labute approximate surface area is 229 Å². The zero-order chi connectivity index (χ0) is 26.9. The van der Waals surface area contributed by atoms with Gasteiger partial charge in [0.05, 0.1) is 24.6 Å². The third-order valence-corrected chi connectivity index (χ3v) is 7.32. The van der Waals surface area contributed by atoms with Crippen LogP contribution in [0.1, 0.15) is 52.7 Å². The molecule has 1 amide bonds. The first-order chi connectivity index (χ1) is 19.1. The van der Waals surface area contributed by atoms with Crippen molar-refractivity contribution in [1.82, 2.24) is 20.4 Å². The lowest BCUT2D eigenvalue weighted by molar-refractivity contribution is 0.0121. The number of likely N-dealkylation sites (tertiary alicyclic amines) is 1. The van der Waals surface area contributed by atoms with Gasteiger partial charge in [-0.2, -0.15) is 5.10 Å². The number of piperidine rings is 1. The molecule has 1 aromatic heterocycles. The van der Waals surface area contributed by atoms with Crippen LogP contribution in [0.25, 0.3) is 0 Å². The smallest absolute Gasteiger partial charge is 0.251 e. The summed E-state index contributed by atoms with van der Waals surface area (Å²) in [6.07, 6.45) is 9.30. The van der Waals surface area contributed by atoms with Gasteiger partial charge < -0.3 is 19.9 Å². The molecule has 2 aliphatic rings. The highest BCUT2D eigenvalue weighted by Gasteiger charge is 2.25. The Kier molecular flexibility index (Phi) is 9.26. The molecular formula is C31H36FN5O2. The standard InChI is InChI=1S/C31H36FN5O2/c32-28-11-7-24(8-12-28)6-9-26-19-27(31(38)33-14-4-5-25-20-34-35-21-25)10-13-30(26)37-17-18-39-29(23-37)22-36-15-2-1-3-16-36/h7-8,10-13,19-21,29H,1-5,14-18,22-23H2,(H,33,38)(H,34,35). The van der Waals surface area contributed by atoms with E-state index in [9.17, 15) is 9.18 Å². The van der Waals surface area contributed by atoms with Gasteiger partial charge in [0.1, 0.15) is 5.82 Å². The van der Waals surface area contributed by atoms with Crippen LogP contribution in [0.4, 0.5) is 10.1 Å². The van der Waals surface area contributed by atoms with Gasteiger partial charge in [-0.05, 0) is 86.8 Å². The Morgan fingerprint density at radius 3 is 2.74 bits per heavy atom. The van der Waals surface area contributed by atoms with Crippen molar-refractivity contribution >= 4 is 11.6 Å². The molecule has 5 rings (SSSR count). The summed E-state index contributed by atoms with van der Waals surface area (Å²) in [5.74, 6) is 6.01. The number of amides is 1. The number of H-pyrrole nitrogens is 1. The molecule has 2 aliphatic heterocycles. The van der Waals surface area contributed by atoms with Crippen molar-refractivity contribution in [3.8, 4) is 11.8 Å². The topological polar surface area (TPSA) is 73.5 Å².